The second-order valence-corrected chi connectivity index (χ2v) is 6.58. The van der Waals surface area contributed by atoms with Crippen LogP contribution in [0, 0.1) is 0 Å². The summed E-state index contributed by atoms with van der Waals surface area (Å²) in [5.41, 5.74) is 2.27. The molecule has 0 fully saturated rings. The fourth-order valence-corrected chi connectivity index (χ4v) is 3.26. The Kier molecular flexibility index (Phi) is 3.73. The lowest BCUT2D eigenvalue weighted by molar-refractivity contribution is 0.0931. The highest BCUT2D eigenvalue weighted by molar-refractivity contribution is 7.13. The molecule has 1 unspecified atom stereocenters. The maximum atomic E-state index is 12.4. The second kappa shape index (κ2) is 6.06. The van der Waals surface area contributed by atoms with E-state index in [1.54, 1.807) is 12.1 Å². The Morgan fingerprint density at radius 1 is 1.24 bits per heavy atom. The number of aromatic nitrogens is 3. The number of aromatic amines is 2. The van der Waals surface area contributed by atoms with Crippen LogP contribution in [0.15, 0.2) is 51.1 Å². The van der Waals surface area contributed by atoms with Crippen molar-refractivity contribution in [2.75, 3.05) is 0 Å². The van der Waals surface area contributed by atoms with Crippen LogP contribution in [0.25, 0.3) is 21.7 Å². The summed E-state index contributed by atoms with van der Waals surface area (Å²) in [7, 11) is 0. The first-order chi connectivity index (χ1) is 12.1. The Labute approximate surface area is 145 Å². The summed E-state index contributed by atoms with van der Waals surface area (Å²) in [6, 6.07) is 10.7. The molecular weight excluding hydrogens is 340 g/mol. The lowest BCUT2D eigenvalue weighted by Crippen LogP contribution is -2.26. The average molecular weight is 354 g/mol. The molecule has 0 radical (unpaired) electrons. The number of carbonyl (C=O) groups excluding carboxylic acids is 1. The van der Waals surface area contributed by atoms with Crippen molar-refractivity contribution in [3.63, 3.8) is 0 Å². The van der Waals surface area contributed by atoms with Crippen LogP contribution in [0.2, 0.25) is 0 Å². The van der Waals surface area contributed by atoms with E-state index < -0.39 is 0 Å². The van der Waals surface area contributed by atoms with Crippen molar-refractivity contribution in [3.05, 3.63) is 63.5 Å². The van der Waals surface area contributed by atoms with Crippen LogP contribution in [0.5, 0.6) is 0 Å². The van der Waals surface area contributed by atoms with Crippen LogP contribution in [0.4, 0.5) is 0 Å². The molecule has 3 heterocycles. The van der Waals surface area contributed by atoms with Gasteiger partial charge in [0.15, 0.2) is 11.5 Å². The zero-order chi connectivity index (χ0) is 17.4. The van der Waals surface area contributed by atoms with Crippen LogP contribution in [-0.4, -0.2) is 21.0 Å². The Morgan fingerprint density at radius 2 is 2.08 bits per heavy atom. The van der Waals surface area contributed by atoms with Gasteiger partial charge in [-0.2, -0.15) is 0 Å². The van der Waals surface area contributed by atoms with Gasteiger partial charge in [0.05, 0.1) is 22.0 Å². The van der Waals surface area contributed by atoms with Crippen LogP contribution in [0.3, 0.4) is 0 Å². The lowest BCUT2D eigenvalue weighted by atomic mass is 10.1. The molecule has 25 heavy (non-hydrogen) atoms. The topological polar surface area (TPSA) is 104 Å². The van der Waals surface area contributed by atoms with Gasteiger partial charge in [-0.1, -0.05) is 17.3 Å². The number of hydrogen-bond donors (Lipinski definition) is 3. The fraction of sp³-hybridized carbons (Fsp3) is 0.118. The van der Waals surface area contributed by atoms with E-state index in [1.165, 1.54) is 11.3 Å². The molecule has 4 aromatic rings. The standard InChI is InChI=1S/C17H14N4O3S/c1-9(10-4-5-11-12(7-10)20-17(23)19-11)18-16(22)13-8-14(24-21-13)15-3-2-6-25-15/h2-9H,1H3,(H,18,22)(H2,19,20,23). The Morgan fingerprint density at radius 3 is 2.88 bits per heavy atom. The summed E-state index contributed by atoms with van der Waals surface area (Å²) in [5.74, 6) is 0.251. The molecule has 0 bridgehead atoms. The molecular formula is C17H14N4O3S. The first-order valence-corrected chi connectivity index (χ1v) is 8.51. The minimum atomic E-state index is -0.318. The van der Waals surface area contributed by atoms with Gasteiger partial charge in [0.25, 0.3) is 5.91 Å². The molecule has 0 aliphatic rings. The number of H-pyrrole nitrogens is 2. The number of hydrogen-bond acceptors (Lipinski definition) is 5. The highest BCUT2D eigenvalue weighted by Gasteiger charge is 2.17. The van der Waals surface area contributed by atoms with E-state index in [2.05, 4.69) is 20.4 Å². The smallest absolute Gasteiger partial charge is 0.323 e. The average Bonchev–Trinajstić information content (AvgIpc) is 3.32. The molecule has 0 aliphatic heterocycles. The molecule has 1 amide bonds. The van der Waals surface area contributed by atoms with Crippen molar-refractivity contribution in [1.29, 1.82) is 0 Å². The second-order valence-electron chi connectivity index (χ2n) is 5.63. The zero-order valence-electron chi connectivity index (χ0n) is 13.2. The molecule has 7 nitrogen and oxygen atoms in total. The number of benzene rings is 1. The normalized spacial score (nSPS) is 12.4. The van der Waals surface area contributed by atoms with Crippen LogP contribution >= 0.6 is 11.3 Å². The molecule has 0 saturated carbocycles. The highest BCUT2D eigenvalue weighted by atomic mass is 32.1. The largest absolute Gasteiger partial charge is 0.355 e. The molecule has 0 spiro atoms. The predicted molar refractivity (Wildman–Crippen MR) is 94.6 cm³/mol. The van der Waals surface area contributed by atoms with Gasteiger partial charge in [-0.15, -0.1) is 11.3 Å². The summed E-state index contributed by atoms with van der Waals surface area (Å²) in [4.78, 5) is 30.0. The molecule has 3 aromatic heterocycles. The number of amides is 1. The van der Waals surface area contributed by atoms with Crippen molar-refractivity contribution < 1.29 is 9.32 Å². The molecule has 126 valence electrons. The summed E-state index contributed by atoms with van der Waals surface area (Å²) in [6.07, 6.45) is 0. The number of carbonyl (C=O) groups is 1. The number of nitrogens with one attached hydrogen (secondary N) is 3. The first-order valence-electron chi connectivity index (χ1n) is 7.63. The van der Waals surface area contributed by atoms with Crippen LogP contribution in [-0.2, 0) is 0 Å². The first kappa shape index (κ1) is 15.4. The lowest BCUT2D eigenvalue weighted by Gasteiger charge is -2.13. The van der Waals surface area contributed by atoms with Crippen molar-refractivity contribution in [2.24, 2.45) is 0 Å². The molecule has 0 aliphatic carbocycles. The third kappa shape index (κ3) is 2.99. The number of imidazole rings is 1. The van der Waals surface area contributed by atoms with Gasteiger partial charge in [0.1, 0.15) is 0 Å². The number of fused-ring (bicyclic) bond motifs is 1. The van der Waals surface area contributed by atoms with Gasteiger partial charge in [-0.25, -0.2) is 4.79 Å². The molecule has 0 saturated heterocycles. The van der Waals surface area contributed by atoms with Gasteiger partial charge in [0.2, 0.25) is 0 Å². The maximum absolute atomic E-state index is 12.4. The number of rotatable bonds is 4. The van der Waals surface area contributed by atoms with Gasteiger partial charge in [-0.3, -0.25) is 4.79 Å². The van der Waals surface area contributed by atoms with E-state index in [-0.39, 0.29) is 23.3 Å². The van der Waals surface area contributed by atoms with E-state index in [4.69, 9.17) is 4.52 Å². The minimum absolute atomic E-state index is 0.228. The van der Waals surface area contributed by atoms with Gasteiger partial charge < -0.3 is 19.8 Å². The van der Waals surface area contributed by atoms with E-state index in [1.807, 2.05) is 36.6 Å². The maximum Gasteiger partial charge on any atom is 0.323 e. The number of nitrogens with zero attached hydrogens (tertiary/aromatic N) is 1. The van der Waals surface area contributed by atoms with Crippen LogP contribution < -0.4 is 11.0 Å². The summed E-state index contributed by atoms with van der Waals surface area (Å²) in [5, 5.41) is 8.65. The van der Waals surface area contributed by atoms with Gasteiger partial charge in [-0.05, 0) is 36.1 Å². The van der Waals surface area contributed by atoms with E-state index in [0.717, 1.165) is 16.0 Å². The monoisotopic (exact) mass is 354 g/mol. The third-order valence-electron chi connectivity index (χ3n) is 3.89. The van der Waals surface area contributed by atoms with Crippen molar-refractivity contribution in [3.8, 4) is 10.6 Å². The third-order valence-corrected chi connectivity index (χ3v) is 4.78. The van der Waals surface area contributed by atoms with Crippen molar-refractivity contribution >= 4 is 28.3 Å². The summed E-state index contributed by atoms with van der Waals surface area (Å²) < 4.78 is 5.23. The van der Waals surface area contributed by atoms with Crippen molar-refractivity contribution in [2.45, 2.75) is 13.0 Å². The molecule has 1 aromatic carbocycles. The van der Waals surface area contributed by atoms with E-state index in [9.17, 15) is 9.59 Å². The SMILES string of the molecule is CC(NC(=O)c1cc(-c2cccs2)on1)c1ccc2[nH]c(=O)[nH]c2c1. The Hall–Kier alpha value is -3.13. The quantitative estimate of drug-likeness (QED) is 0.524. The van der Waals surface area contributed by atoms with E-state index >= 15 is 0 Å². The Bertz CT molecular complexity index is 1090. The highest BCUT2D eigenvalue weighted by Crippen LogP contribution is 2.25. The minimum Gasteiger partial charge on any atom is -0.355 e. The molecule has 4 rings (SSSR count). The van der Waals surface area contributed by atoms with Crippen LogP contribution in [0.1, 0.15) is 29.0 Å². The van der Waals surface area contributed by atoms with Gasteiger partial charge in [0, 0.05) is 6.07 Å². The van der Waals surface area contributed by atoms with E-state index in [0.29, 0.717) is 11.3 Å². The van der Waals surface area contributed by atoms with Crippen molar-refractivity contribution in [1.82, 2.24) is 20.4 Å². The number of thiophene rings is 1. The molecule has 1 atom stereocenters. The summed E-state index contributed by atoms with van der Waals surface area (Å²) >= 11 is 1.52. The van der Waals surface area contributed by atoms with Gasteiger partial charge >= 0.3 is 5.69 Å². The predicted octanol–water partition coefficient (Wildman–Crippen LogP) is 3.06. The summed E-state index contributed by atoms with van der Waals surface area (Å²) in [6.45, 7) is 1.87. The zero-order valence-corrected chi connectivity index (χ0v) is 14.0. The fourth-order valence-electron chi connectivity index (χ4n) is 2.59. The Balaban J connectivity index is 1.52. The molecule has 3 N–H and O–H groups in total. The molecule has 8 heteroatoms.